The van der Waals surface area contributed by atoms with Crippen LogP contribution in [0.5, 0.6) is 0 Å². The summed E-state index contributed by atoms with van der Waals surface area (Å²) < 4.78 is 0. The summed E-state index contributed by atoms with van der Waals surface area (Å²) >= 11 is 0. The standard InChI is InChI=1S/C11H21N3/c1-4-13-11(9-12)5-7-14(8-6-11)10(2)3/h10,13H,4-8H2,1-3H3. The average Bonchev–Trinajstić information content (AvgIpc) is 2.19. The molecule has 1 aliphatic heterocycles. The van der Waals surface area contributed by atoms with Gasteiger partial charge in [-0.2, -0.15) is 5.26 Å². The largest absolute Gasteiger partial charge is 0.301 e. The summed E-state index contributed by atoms with van der Waals surface area (Å²) in [5.74, 6) is 0. The summed E-state index contributed by atoms with van der Waals surface area (Å²) in [7, 11) is 0. The van der Waals surface area contributed by atoms with Crippen LogP contribution in [-0.4, -0.2) is 36.1 Å². The molecule has 3 heteroatoms. The van der Waals surface area contributed by atoms with Crippen LogP contribution in [0.4, 0.5) is 0 Å². The Morgan fingerprint density at radius 1 is 1.43 bits per heavy atom. The zero-order valence-corrected chi connectivity index (χ0v) is 9.51. The van der Waals surface area contributed by atoms with Crippen LogP contribution in [0.1, 0.15) is 33.6 Å². The molecule has 0 spiro atoms. The molecule has 14 heavy (non-hydrogen) atoms. The van der Waals surface area contributed by atoms with Gasteiger partial charge in [0.25, 0.3) is 0 Å². The van der Waals surface area contributed by atoms with Crippen LogP contribution in [0.3, 0.4) is 0 Å². The molecule has 0 aromatic heterocycles. The summed E-state index contributed by atoms with van der Waals surface area (Å²) in [6.45, 7) is 9.46. The molecule has 1 rings (SSSR count). The van der Waals surface area contributed by atoms with E-state index in [1.165, 1.54) is 0 Å². The van der Waals surface area contributed by atoms with Crippen molar-refractivity contribution in [3.63, 3.8) is 0 Å². The van der Waals surface area contributed by atoms with Gasteiger partial charge in [0.05, 0.1) is 6.07 Å². The van der Waals surface area contributed by atoms with Crippen molar-refractivity contribution < 1.29 is 0 Å². The number of nitriles is 1. The molecule has 1 heterocycles. The molecule has 0 saturated carbocycles. The lowest BCUT2D eigenvalue weighted by Gasteiger charge is -2.39. The second kappa shape index (κ2) is 4.77. The van der Waals surface area contributed by atoms with E-state index in [0.29, 0.717) is 6.04 Å². The zero-order valence-electron chi connectivity index (χ0n) is 9.51. The van der Waals surface area contributed by atoms with Gasteiger partial charge >= 0.3 is 0 Å². The van der Waals surface area contributed by atoms with Gasteiger partial charge in [-0.3, -0.25) is 5.32 Å². The molecule has 0 aliphatic carbocycles. The minimum absolute atomic E-state index is 0.250. The first-order valence-electron chi connectivity index (χ1n) is 5.54. The van der Waals surface area contributed by atoms with E-state index in [1.807, 2.05) is 0 Å². The quantitative estimate of drug-likeness (QED) is 0.739. The fourth-order valence-corrected chi connectivity index (χ4v) is 2.09. The van der Waals surface area contributed by atoms with Gasteiger partial charge in [-0.05, 0) is 33.2 Å². The highest BCUT2D eigenvalue weighted by atomic mass is 15.2. The van der Waals surface area contributed by atoms with E-state index < -0.39 is 0 Å². The topological polar surface area (TPSA) is 39.1 Å². The molecule has 0 aromatic rings. The third kappa shape index (κ3) is 2.46. The number of hydrogen-bond donors (Lipinski definition) is 1. The maximum atomic E-state index is 9.17. The Morgan fingerprint density at radius 2 is 2.00 bits per heavy atom. The molecule has 0 unspecified atom stereocenters. The Hall–Kier alpha value is -0.590. The second-order valence-electron chi connectivity index (χ2n) is 4.35. The van der Waals surface area contributed by atoms with Crippen molar-refractivity contribution in [2.45, 2.75) is 45.2 Å². The Labute approximate surface area is 87.1 Å². The predicted molar refractivity (Wildman–Crippen MR) is 58.0 cm³/mol. The van der Waals surface area contributed by atoms with E-state index in [1.54, 1.807) is 0 Å². The van der Waals surface area contributed by atoms with Crippen LogP contribution < -0.4 is 5.32 Å². The number of hydrogen-bond acceptors (Lipinski definition) is 3. The lowest BCUT2D eigenvalue weighted by Crippen LogP contribution is -2.53. The van der Waals surface area contributed by atoms with Gasteiger partial charge in [0.1, 0.15) is 5.54 Å². The minimum Gasteiger partial charge on any atom is -0.301 e. The number of likely N-dealkylation sites (tertiary alicyclic amines) is 1. The maximum Gasteiger partial charge on any atom is 0.109 e. The summed E-state index contributed by atoms with van der Waals surface area (Å²) in [6.07, 6.45) is 1.91. The Morgan fingerprint density at radius 3 is 2.36 bits per heavy atom. The van der Waals surface area contributed by atoms with Crippen LogP contribution in [0.25, 0.3) is 0 Å². The van der Waals surface area contributed by atoms with E-state index in [4.69, 9.17) is 5.26 Å². The third-order valence-corrected chi connectivity index (χ3v) is 3.11. The van der Waals surface area contributed by atoms with Gasteiger partial charge < -0.3 is 4.90 Å². The van der Waals surface area contributed by atoms with Crippen LogP contribution in [0, 0.1) is 11.3 Å². The van der Waals surface area contributed by atoms with Gasteiger partial charge in [-0.1, -0.05) is 6.92 Å². The molecule has 1 fully saturated rings. The van der Waals surface area contributed by atoms with Gasteiger partial charge in [0.2, 0.25) is 0 Å². The van der Waals surface area contributed by atoms with E-state index >= 15 is 0 Å². The van der Waals surface area contributed by atoms with Crippen LogP contribution in [-0.2, 0) is 0 Å². The van der Waals surface area contributed by atoms with Crippen molar-refractivity contribution in [2.75, 3.05) is 19.6 Å². The Balaban J connectivity index is 2.51. The highest BCUT2D eigenvalue weighted by molar-refractivity contribution is 5.09. The van der Waals surface area contributed by atoms with Crippen molar-refractivity contribution in [2.24, 2.45) is 0 Å². The van der Waals surface area contributed by atoms with Crippen molar-refractivity contribution in [3.05, 3.63) is 0 Å². The first kappa shape index (κ1) is 11.5. The van der Waals surface area contributed by atoms with Gasteiger partial charge in [-0.15, -0.1) is 0 Å². The fourth-order valence-electron chi connectivity index (χ4n) is 2.09. The number of piperidine rings is 1. The van der Waals surface area contributed by atoms with Crippen LogP contribution in [0.2, 0.25) is 0 Å². The summed E-state index contributed by atoms with van der Waals surface area (Å²) in [5.41, 5.74) is -0.250. The highest BCUT2D eigenvalue weighted by Gasteiger charge is 2.34. The van der Waals surface area contributed by atoms with Crippen molar-refractivity contribution >= 4 is 0 Å². The van der Waals surface area contributed by atoms with Crippen molar-refractivity contribution in [3.8, 4) is 6.07 Å². The third-order valence-electron chi connectivity index (χ3n) is 3.11. The van der Waals surface area contributed by atoms with Gasteiger partial charge in [0.15, 0.2) is 0 Å². The van der Waals surface area contributed by atoms with Crippen LogP contribution >= 0.6 is 0 Å². The molecule has 0 amide bonds. The summed E-state index contributed by atoms with van der Waals surface area (Å²) in [5, 5.41) is 12.5. The normalized spacial score (nSPS) is 22.2. The number of rotatable bonds is 3. The van der Waals surface area contributed by atoms with Gasteiger partial charge in [0, 0.05) is 19.1 Å². The number of nitrogens with zero attached hydrogens (tertiary/aromatic N) is 2. The molecule has 0 bridgehead atoms. The predicted octanol–water partition coefficient (Wildman–Crippen LogP) is 1.36. The first-order chi connectivity index (χ1) is 6.63. The molecule has 0 radical (unpaired) electrons. The molecular formula is C11H21N3. The zero-order chi connectivity index (χ0) is 10.6. The lowest BCUT2D eigenvalue weighted by molar-refractivity contribution is 0.137. The SMILES string of the molecule is CCNC1(C#N)CCN(C(C)C)CC1. The number of nitrogens with one attached hydrogen (secondary N) is 1. The molecular weight excluding hydrogens is 174 g/mol. The van der Waals surface area contributed by atoms with Gasteiger partial charge in [-0.25, -0.2) is 0 Å². The Bertz CT molecular complexity index is 209. The van der Waals surface area contributed by atoms with Crippen molar-refractivity contribution in [1.29, 1.82) is 5.26 Å². The lowest BCUT2D eigenvalue weighted by atomic mass is 9.88. The highest BCUT2D eigenvalue weighted by Crippen LogP contribution is 2.22. The summed E-state index contributed by atoms with van der Waals surface area (Å²) in [6, 6.07) is 3.04. The summed E-state index contributed by atoms with van der Waals surface area (Å²) in [4.78, 5) is 2.44. The average molecular weight is 195 g/mol. The van der Waals surface area contributed by atoms with Crippen molar-refractivity contribution in [1.82, 2.24) is 10.2 Å². The molecule has 0 aromatic carbocycles. The minimum atomic E-state index is -0.250. The molecule has 1 aliphatic rings. The van der Waals surface area contributed by atoms with E-state index in [-0.39, 0.29) is 5.54 Å². The van der Waals surface area contributed by atoms with E-state index in [2.05, 4.69) is 37.1 Å². The molecule has 3 nitrogen and oxygen atoms in total. The second-order valence-corrected chi connectivity index (χ2v) is 4.35. The van der Waals surface area contributed by atoms with Crippen LogP contribution in [0.15, 0.2) is 0 Å². The fraction of sp³-hybridized carbons (Fsp3) is 0.909. The molecule has 0 atom stereocenters. The molecule has 1 saturated heterocycles. The first-order valence-corrected chi connectivity index (χ1v) is 5.54. The van der Waals surface area contributed by atoms with E-state index in [9.17, 15) is 0 Å². The maximum absolute atomic E-state index is 9.17. The molecule has 1 N–H and O–H groups in total. The smallest absolute Gasteiger partial charge is 0.109 e. The monoisotopic (exact) mass is 195 g/mol. The Kier molecular flexibility index (Phi) is 3.91. The molecule has 80 valence electrons. The van der Waals surface area contributed by atoms with E-state index in [0.717, 1.165) is 32.5 Å².